The highest BCUT2D eigenvalue weighted by molar-refractivity contribution is 5.86. The lowest BCUT2D eigenvalue weighted by molar-refractivity contribution is 0.384. The third kappa shape index (κ3) is 3.26. The Balaban J connectivity index is 1.78. The number of aromatic amines is 1. The van der Waals surface area contributed by atoms with Crippen molar-refractivity contribution in [3.8, 4) is 17.1 Å². The van der Waals surface area contributed by atoms with Crippen LogP contribution in [0.25, 0.3) is 22.0 Å². The molecule has 1 unspecified atom stereocenters. The maximum atomic E-state index is 5.63. The zero-order valence-electron chi connectivity index (χ0n) is 15.5. The van der Waals surface area contributed by atoms with Gasteiger partial charge in [-0.05, 0) is 39.2 Å². The van der Waals surface area contributed by atoms with Gasteiger partial charge in [0.15, 0.2) is 5.82 Å². The van der Waals surface area contributed by atoms with E-state index in [4.69, 9.17) is 9.72 Å². The van der Waals surface area contributed by atoms with Gasteiger partial charge < -0.3 is 4.74 Å². The van der Waals surface area contributed by atoms with Crippen LogP contribution < -0.4 is 4.74 Å². The van der Waals surface area contributed by atoms with E-state index in [1.54, 1.807) is 7.11 Å². The molecular formula is C21H21N5O. The van der Waals surface area contributed by atoms with Gasteiger partial charge >= 0.3 is 0 Å². The molecule has 27 heavy (non-hydrogen) atoms. The normalized spacial score (nSPS) is 12.4. The van der Waals surface area contributed by atoms with E-state index in [9.17, 15) is 0 Å². The Hall–Kier alpha value is -3.28. The Kier molecular flexibility index (Phi) is 4.54. The quantitative estimate of drug-likeness (QED) is 0.577. The van der Waals surface area contributed by atoms with E-state index in [1.165, 1.54) is 10.8 Å². The first-order valence-corrected chi connectivity index (χ1v) is 8.95. The zero-order valence-corrected chi connectivity index (χ0v) is 15.5. The summed E-state index contributed by atoms with van der Waals surface area (Å²) in [4.78, 5) is 4.78. The third-order valence-corrected chi connectivity index (χ3v) is 4.79. The third-order valence-electron chi connectivity index (χ3n) is 4.79. The number of H-pyrrole nitrogens is 1. The van der Waals surface area contributed by atoms with Crippen molar-refractivity contribution in [2.24, 2.45) is 5.92 Å². The molecule has 0 fully saturated rings. The molecule has 1 N–H and O–H groups in total. The maximum Gasteiger partial charge on any atom is 0.217 e. The van der Waals surface area contributed by atoms with Gasteiger partial charge in [-0.25, -0.2) is 10.1 Å². The SMILES string of the molecule is COc1nc(-c2ccc3ccccc3c2)ccc1C(c1nnn[nH]1)C(C)C. The fraction of sp³-hybridized carbons (Fsp3) is 0.238. The summed E-state index contributed by atoms with van der Waals surface area (Å²) in [6.07, 6.45) is 0. The molecule has 2 heterocycles. The van der Waals surface area contributed by atoms with Gasteiger partial charge in [-0.1, -0.05) is 56.3 Å². The van der Waals surface area contributed by atoms with Crippen LogP contribution in [0.1, 0.15) is 31.2 Å². The van der Waals surface area contributed by atoms with Crippen LogP contribution in [0.3, 0.4) is 0 Å². The number of nitrogens with zero attached hydrogens (tertiary/aromatic N) is 4. The molecule has 1 atom stereocenters. The standard InChI is InChI=1S/C21H21N5O/c1-13(2)19(20-23-25-26-24-20)17-10-11-18(22-21(17)27-3)16-9-8-14-6-4-5-7-15(14)12-16/h4-13,19H,1-3H3,(H,23,24,25,26). The van der Waals surface area contributed by atoms with E-state index in [1.807, 2.05) is 18.2 Å². The number of hydrogen-bond acceptors (Lipinski definition) is 5. The van der Waals surface area contributed by atoms with Crippen molar-refractivity contribution in [3.05, 3.63) is 66.0 Å². The molecule has 0 aliphatic carbocycles. The lowest BCUT2D eigenvalue weighted by Crippen LogP contribution is -2.13. The molecule has 0 radical (unpaired) electrons. The van der Waals surface area contributed by atoms with Crippen LogP contribution >= 0.6 is 0 Å². The number of fused-ring (bicyclic) bond motifs is 1. The average Bonchev–Trinajstić information content (AvgIpc) is 3.22. The van der Waals surface area contributed by atoms with Crippen LogP contribution in [-0.2, 0) is 0 Å². The van der Waals surface area contributed by atoms with Crippen LogP contribution in [0, 0.1) is 5.92 Å². The van der Waals surface area contributed by atoms with Crippen LogP contribution in [0.5, 0.6) is 5.88 Å². The van der Waals surface area contributed by atoms with E-state index in [0.29, 0.717) is 11.7 Å². The summed E-state index contributed by atoms with van der Waals surface area (Å²) in [6, 6.07) is 18.7. The van der Waals surface area contributed by atoms with E-state index in [0.717, 1.165) is 16.8 Å². The average molecular weight is 359 g/mol. The molecule has 6 nitrogen and oxygen atoms in total. The van der Waals surface area contributed by atoms with Gasteiger partial charge in [0.1, 0.15) is 0 Å². The molecule has 4 aromatic rings. The van der Waals surface area contributed by atoms with Crippen LogP contribution in [-0.4, -0.2) is 32.7 Å². The van der Waals surface area contributed by atoms with Crippen molar-refractivity contribution in [3.63, 3.8) is 0 Å². The minimum absolute atomic E-state index is 0.0203. The minimum Gasteiger partial charge on any atom is -0.481 e. The number of pyridine rings is 1. The topological polar surface area (TPSA) is 76.6 Å². The summed E-state index contributed by atoms with van der Waals surface area (Å²) in [6.45, 7) is 4.26. The molecule has 136 valence electrons. The number of methoxy groups -OCH3 is 1. The van der Waals surface area contributed by atoms with Gasteiger partial charge in [0.05, 0.1) is 18.7 Å². The monoisotopic (exact) mass is 359 g/mol. The second-order valence-electron chi connectivity index (χ2n) is 6.87. The lowest BCUT2D eigenvalue weighted by atomic mass is 9.88. The van der Waals surface area contributed by atoms with Crippen molar-refractivity contribution >= 4 is 10.8 Å². The van der Waals surface area contributed by atoms with Crippen LogP contribution in [0.2, 0.25) is 0 Å². The predicted molar refractivity (Wildman–Crippen MR) is 105 cm³/mol. The minimum atomic E-state index is -0.0203. The van der Waals surface area contributed by atoms with Gasteiger partial charge in [0, 0.05) is 11.1 Å². The molecule has 2 aromatic heterocycles. The summed E-state index contributed by atoms with van der Waals surface area (Å²) >= 11 is 0. The lowest BCUT2D eigenvalue weighted by Gasteiger charge is -2.20. The Morgan fingerprint density at radius 1 is 0.963 bits per heavy atom. The molecule has 0 amide bonds. The van der Waals surface area contributed by atoms with Crippen LogP contribution in [0.4, 0.5) is 0 Å². The Morgan fingerprint density at radius 2 is 1.78 bits per heavy atom. The summed E-state index contributed by atoms with van der Waals surface area (Å²) in [5.41, 5.74) is 2.90. The molecule has 2 aromatic carbocycles. The van der Waals surface area contributed by atoms with E-state index in [-0.39, 0.29) is 11.8 Å². The van der Waals surface area contributed by atoms with Crippen molar-refractivity contribution in [2.45, 2.75) is 19.8 Å². The number of nitrogens with one attached hydrogen (secondary N) is 1. The number of rotatable bonds is 5. The maximum absolute atomic E-state index is 5.63. The number of benzene rings is 2. The highest BCUT2D eigenvalue weighted by Gasteiger charge is 2.26. The molecular weight excluding hydrogens is 338 g/mol. The largest absolute Gasteiger partial charge is 0.481 e. The second-order valence-corrected chi connectivity index (χ2v) is 6.87. The molecule has 0 aliphatic heterocycles. The molecule has 0 saturated carbocycles. The van der Waals surface area contributed by atoms with Gasteiger partial charge in [-0.15, -0.1) is 5.10 Å². The highest BCUT2D eigenvalue weighted by atomic mass is 16.5. The number of tetrazole rings is 1. The number of hydrogen-bond donors (Lipinski definition) is 1. The first-order chi connectivity index (χ1) is 13.2. The molecule has 0 spiro atoms. The summed E-state index contributed by atoms with van der Waals surface area (Å²) < 4.78 is 5.63. The van der Waals surface area contributed by atoms with E-state index in [2.05, 4.69) is 70.9 Å². The number of ether oxygens (including phenoxy) is 1. The van der Waals surface area contributed by atoms with Gasteiger partial charge in [-0.2, -0.15) is 0 Å². The van der Waals surface area contributed by atoms with Crippen LogP contribution in [0.15, 0.2) is 54.6 Å². The smallest absolute Gasteiger partial charge is 0.217 e. The van der Waals surface area contributed by atoms with E-state index >= 15 is 0 Å². The molecule has 4 rings (SSSR count). The van der Waals surface area contributed by atoms with Crippen molar-refractivity contribution in [1.29, 1.82) is 0 Å². The van der Waals surface area contributed by atoms with E-state index < -0.39 is 0 Å². The summed E-state index contributed by atoms with van der Waals surface area (Å²) in [5.74, 6) is 1.56. The fourth-order valence-electron chi connectivity index (χ4n) is 3.48. The van der Waals surface area contributed by atoms with Crippen molar-refractivity contribution < 1.29 is 4.74 Å². The molecule has 0 aliphatic rings. The second kappa shape index (κ2) is 7.15. The van der Waals surface area contributed by atoms with Gasteiger partial charge in [0.2, 0.25) is 5.88 Å². The van der Waals surface area contributed by atoms with Gasteiger partial charge in [-0.3, -0.25) is 0 Å². The molecule has 6 heteroatoms. The fourth-order valence-corrected chi connectivity index (χ4v) is 3.48. The first kappa shape index (κ1) is 17.1. The zero-order chi connectivity index (χ0) is 18.8. The Morgan fingerprint density at radius 3 is 2.48 bits per heavy atom. The summed E-state index contributed by atoms with van der Waals surface area (Å²) in [5, 5.41) is 16.8. The van der Waals surface area contributed by atoms with Crippen molar-refractivity contribution in [1.82, 2.24) is 25.6 Å². The Bertz CT molecular complexity index is 1060. The Labute approximate surface area is 157 Å². The summed E-state index contributed by atoms with van der Waals surface area (Å²) in [7, 11) is 1.64. The van der Waals surface area contributed by atoms with Crippen molar-refractivity contribution in [2.75, 3.05) is 7.11 Å². The molecule has 0 bridgehead atoms. The number of aromatic nitrogens is 5. The first-order valence-electron chi connectivity index (χ1n) is 8.95. The highest BCUT2D eigenvalue weighted by Crippen LogP contribution is 2.36. The predicted octanol–water partition coefficient (Wildman–Crippen LogP) is 4.21. The van der Waals surface area contributed by atoms with Gasteiger partial charge in [0.25, 0.3) is 0 Å². The molecule has 0 saturated heterocycles.